The van der Waals surface area contributed by atoms with Crippen molar-refractivity contribution in [3.63, 3.8) is 0 Å². The molecule has 0 bridgehead atoms. The molecule has 1 aliphatic heterocycles. The Hall–Kier alpha value is -1.95. The first-order valence-corrected chi connectivity index (χ1v) is 8.93. The monoisotopic (exact) mass is 331 g/mol. The van der Waals surface area contributed by atoms with Gasteiger partial charge in [-0.3, -0.25) is 9.59 Å². The molecule has 5 nitrogen and oxygen atoms in total. The zero-order valence-electron chi connectivity index (χ0n) is 13.3. The Morgan fingerprint density at radius 1 is 1.43 bits per heavy atom. The smallest absolute Gasteiger partial charge is 0.250 e. The summed E-state index contributed by atoms with van der Waals surface area (Å²) in [6, 6.07) is 4.94. The molecule has 23 heavy (non-hydrogen) atoms. The molecule has 1 amide bonds. The van der Waals surface area contributed by atoms with Crippen molar-refractivity contribution in [3.8, 4) is 0 Å². The lowest BCUT2D eigenvalue weighted by atomic mass is 9.98. The average molecular weight is 331 g/mol. The topological polar surface area (TPSA) is 55.2 Å². The molecule has 122 valence electrons. The molecular formula is C17H21N3O2S. The number of likely N-dealkylation sites (tertiary alicyclic amines) is 1. The van der Waals surface area contributed by atoms with Crippen LogP contribution in [0.1, 0.15) is 36.4 Å². The highest BCUT2D eigenvalue weighted by atomic mass is 32.1. The van der Waals surface area contributed by atoms with Crippen LogP contribution in [0.3, 0.4) is 0 Å². The second-order valence-corrected chi connectivity index (χ2v) is 6.77. The molecule has 1 fully saturated rings. The molecule has 1 unspecified atom stereocenters. The van der Waals surface area contributed by atoms with E-state index in [2.05, 4.69) is 17.3 Å². The molecule has 0 saturated carbocycles. The van der Waals surface area contributed by atoms with Gasteiger partial charge in [0.1, 0.15) is 6.54 Å². The van der Waals surface area contributed by atoms with Crippen molar-refractivity contribution < 1.29 is 4.79 Å². The molecule has 0 aliphatic carbocycles. The third-order valence-electron chi connectivity index (χ3n) is 4.26. The minimum Gasteiger partial charge on any atom is -0.340 e. The van der Waals surface area contributed by atoms with Gasteiger partial charge in [-0.25, -0.2) is 4.98 Å². The second kappa shape index (κ2) is 7.08. The minimum absolute atomic E-state index is 0.00951. The van der Waals surface area contributed by atoms with Crippen molar-refractivity contribution in [2.24, 2.45) is 0 Å². The molecule has 2 aromatic rings. The summed E-state index contributed by atoms with van der Waals surface area (Å²) in [6.45, 7) is 3.69. The van der Waals surface area contributed by atoms with Crippen LogP contribution in [0.4, 0.5) is 0 Å². The zero-order valence-corrected chi connectivity index (χ0v) is 14.1. The number of aromatic nitrogens is 2. The number of rotatable bonds is 4. The lowest BCUT2D eigenvalue weighted by Crippen LogP contribution is -2.42. The van der Waals surface area contributed by atoms with E-state index >= 15 is 0 Å². The third-order valence-corrected chi connectivity index (χ3v) is 5.32. The van der Waals surface area contributed by atoms with Crippen LogP contribution < -0.4 is 5.56 Å². The molecule has 6 heteroatoms. The van der Waals surface area contributed by atoms with Crippen molar-refractivity contribution in [2.75, 3.05) is 13.1 Å². The van der Waals surface area contributed by atoms with Crippen molar-refractivity contribution >= 4 is 17.2 Å². The number of aryl methyl sites for hydroxylation is 1. The van der Waals surface area contributed by atoms with E-state index in [4.69, 9.17) is 0 Å². The summed E-state index contributed by atoms with van der Waals surface area (Å²) in [5, 5.41) is 3.25. The van der Waals surface area contributed by atoms with Crippen LogP contribution in [0.15, 0.2) is 34.6 Å². The molecule has 3 heterocycles. The zero-order chi connectivity index (χ0) is 16.2. The van der Waals surface area contributed by atoms with Crippen LogP contribution >= 0.6 is 11.3 Å². The Labute approximate surface area is 139 Å². The minimum atomic E-state index is -0.137. The van der Waals surface area contributed by atoms with Gasteiger partial charge in [0.05, 0.1) is 10.7 Å². The molecule has 0 radical (unpaired) electrons. The van der Waals surface area contributed by atoms with Crippen LogP contribution in [-0.4, -0.2) is 33.4 Å². The number of carbonyl (C=O) groups excluding carboxylic acids is 1. The normalized spacial score (nSPS) is 18.1. The van der Waals surface area contributed by atoms with E-state index in [0.29, 0.717) is 12.5 Å². The quantitative estimate of drug-likeness (QED) is 0.863. The average Bonchev–Trinajstić information content (AvgIpc) is 3.06. The number of nitrogens with zero attached hydrogens (tertiary/aromatic N) is 3. The van der Waals surface area contributed by atoms with Crippen LogP contribution in [0.2, 0.25) is 0 Å². The molecule has 0 aromatic carbocycles. The van der Waals surface area contributed by atoms with E-state index in [9.17, 15) is 9.59 Å². The molecule has 0 N–H and O–H groups in total. The number of amides is 1. The SMILES string of the molecule is CCc1csc(C2CCCN(C(=O)Cn3ccccc3=O)C2)n1. The number of pyridine rings is 1. The van der Waals surface area contributed by atoms with Crippen LogP contribution in [0, 0.1) is 0 Å². The Kier molecular flexibility index (Phi) is 4.91. The standard InChI is InChI=1S/C17H21N3O2S/c1-2-14-12-23-17(18-14)13-6-5-9-19(10-13)16(22)11-20-8-4-3-7-15(20)21/h3-4,7-8,12-13H,2,5-6,9-11H2,1H3. The summed E-state index contributed by atoms with van der Waals surface area (Å²) in [5.74, 6) is 0.334. The molecule has 1 aliphatic rings. The lowest BCUT2D eigenvalue weighted by molar-refractivity contribution is -0.133. The molecular weight excluding hydrogens is 310 g/mol. The Bertz CT molecular complexity index is 737. The first-order valence-electron chi connectivity index (χ1n) is 8.05. The van der Waals surface area contributed by atoms with Gasteiger partial charge in [0.15, 0.2) is 0 Å². The van der Waals surface area contributed by atoms with Gasteiger partial charge >= 0.3 is 0 Å². The van der Waals surface area contributed by atoms with Gasteiger partial charge in [0.25, 0.3) is 5.56 Å². The van der Waals surface area contributed by atoms with Crippen LogP contribution in [0.25, 0.3) is 0 Å². The van der Waals surface area contributed by atoms with Crippen molar-refractivity contribution in [2.45, 2.75) is 38.6 Å². The fraction of sp³-hybridized carbons (Fsp3) is 0.471. The van der Waals surface area contributed by atoms with Crippen molar-refractivity contribution in [1.29, 1.82) is 0 Å². The van der Waals surface area contributed by atoms with Gasteiger partial charge in [-0.05, 0) is 25.3 Å². The summed E-state index contributed by atoms with van der Waals surface area (Å²) in [5.41, 5.74) is 0.992. The predicted molar refractivity (Wildman–Crippen MR) is 90.7 cm³/mol. The lowest BCUT2D eigenvalue weighted by Gasteiger charge is -2.32. The highest BCUT2D eigenvalue weighted by molar-refractivity contribution is 7.09. The largest absolute Gasteiger partial charge is 0.340 e. The number of carbonyl (C=O) groups is 1. The van der Waals surface area contributed by atoms with E-state index in [1.54, 1.807) is 29.7 Å². The fourth-order valence-electron chi connectivity index (χ4n) is 2.91. The summed E-state index contributed by atoms with van der Waals surface area (Å²) < 4.78 is 1.46. The number of piperidine rings is 1. The summed E-state index contributed by atoms with van der Waals surface area (Å²) in [7, 11) is 0. The fourth-order valence-corrected chi connectivity index (χ4v) is 3.95. The number of hydrogen-bond donors (Lipinski definition) is 0. The van der Waals surface area contributed by atoms with E-state index < -0.39 is 0 Å². The molecule has 1 saturated heterocycles. The maximum Gasteiger partial charge on any atom is 0.250 e. The summed E-state index contributed by atoms with van der Waals surface area (Å²) >= 11 is 1.70. The molecule has 2 aromatic heterocycles. The molecule has 0 spiro atoms. The van der Waals surface area contributed by atoms with Crippen molar-refractivity contribution in [1.82, 2.24) is 14.5 Å². The van der Waals surface area contributed by atoms with Crippen LogP contribution in [-0.2, 0) is 17.8 Å². The summed E-state index contributed by atoms with van der Waals surface area (Å²) in [6.07, 6.45) is 4.67. The van der Waals surface area contributed by atoms with Gasteiger partial charge in [0, 0.05) is 36.7 Å². The maximum atomic E-state index is 12.5. The Morgan fingerprint density at radius 2 is 2.30 bits per heavy atom. The maximum absolute atomic E-state index is 12.5. The van der Waals surface area contributed by atoms with Crippen molar-refractivity contribution in [3.05, 3.63) is 50.8 Å². The third kappa shape index (κ3) is 3.69. The van der Waals surface area contributed by atoms with Gasteiger partial charge in [-0.15, -0.1) is 11.3 Å². The highest BCUT2D eigenvalue weighted by Gasteiger charge is 2.26. The van der Waals surface area contributed by atoms with E-state index in [1.165, 1.54) is 10.6 Å². The Balaban J connectivity index is 1.67. The van der Waals surface area contributed by atoms with Gasteiger partial charge in [0.2, 0.25) is 5.91 Å². The number of thiazole rings is 1. The summed E-state index contributed by atoms with van der Waals surface area (Å²) in [4.78, 5) is 30.8. The van der Waals surface area contributed by atoms with E-state index in [0.717, 1.165) is 36.5 Å². The highest BCUT2D eigenvalue weighted by Crippen LogP contribution is 2.29. The van der Waals surface area contributed by atoms with Gasteiger partial charge in [-0.2, -0.15) is 0 Å². The number of hydrogen-bond acceptors (Lipinski definition) is 4. The van der Waals surface area contributed by atoms with Gasteiger partial charge in [-0.1, -0.05) is 13.0 Å². The molecule has 3 rings (SSSR count). The first kappa shape index (κ1) is 15.9. The second-order valence-electron chi connectivity index (χ2n) is 5.88. The molecule has 1 atom stereocenters. The van der Waals surface area contributed by atoms with Crippen LogP contribution in [0.5, 0.6) is 0 Å². The van der Waals surface area contributed by atoms with Gasteiger partial charge < -0.3 is 9.47 Å². The first-order chi connectivity index (χ1) is 11.2. The predicted octanol–water partition coefficient (Wildman–Crippen LogP) is 2.27. The Morgan fingerprint density at radius 3 is 3.04 bits per heavy atom. The van der Waals surface area contributed by atoms with E-state index in [1.807, 2.05) is 4.90 Å². The van der Waals surface area contributed by atoms with E-state index in [-0.39, 0.29) is 18.0 Å².